The van der Waals surface area contributed by atoms with E-state index >= 15 is 0 Å². The van der Waals surface area contributed by atoms with Crippen LogP contribution in [-0.2, 0) is 12.0 Å². The summed E-state index contributed by atoms with van der Waals surface area (Å²) in [6.45, 7) is 11.8. The van der Waals surface area contributed by atoms with E-state index in [0.29, 0.717) is 6.04 Å². The van der Waals surface area contributed by atoms with Crippen molar-refractivity contribution in [3.05, 3.63) is 49.9 Å². The van der Waals surface area contributed by atoms with E-state index in [1.54, 1.807) is 0 Å². The second-order valence-corrected chi connectivity index (χ2v) is 8.30. The van der Waals surface area contributed by atoms with E-state index in [2.05, 4.69) is 74.1 Å². The summed E-state index contributed by atoms with van der Waals surface area (Å²) in [5, 5.41) is 4.81. The maximum absolute atomic E-state index is 4.74. The maximum atomic E-state index is 4.74. The van der Waals surface area contributed by atoms with Crippen molar-refractivity contribution in [3.63, 3.8) is 0 Å². The van der Waals surface area contributed by atoms with Gasteiger partial charge >= 0.3 is 0 Å². The van der Waals surface area contributed by atoms with Crippen LogP contribution in [0.15, 0.2) is 28.7 Å². The van der Waals surface area contributed by atoms with Gasteiger partial charge in [-0.3, -0.25) is 0 Å². The summed E-state index contributed by atoms with van der Waals surface area (Å²) in [6.07, 6.45) is 0. The van der Waals surface area contributed by atoms with Gasteiger partial charge in [-0.05, 0) is 25.5 Å². The molecule has 0 radical (unpaired) electrons. The number of aromatic nitrogens is 1. The molecule has 0 fully saturated rings. The molecule has 0 amide bonds. The van der Waals surface area contributed by atoms with Gasteiger partial charge in [-0.15, -0.1) is 11.3 Å². The third-order valence-electron chi connectivity index (χ3n) is 3.42. The summed E-state index contributed by atoms with van der Waals surface area (Å²) in [6, 6.07) is 8.65. The van der Waals surface area contributed by atoms with Crippen molar-refractivity contribution in [3.8, 4) is 0 Å². The number of nitrogens with one attached hydrogen (secondary N) is 1. The zero-order valence-corrected chi connectivity index (χ0v) is 15.7. The van der Waals surface area contributed by atoms with Gasteiger partial charge in [0.2, 0.25) is 0 Å². The fourth-order valence-electron chi connectivity index (χ4n) is 2.13. The number of benzene rings is 1. The lowest BCUT2D eigenvalue weighted by atomic mass is 9.98. The predicted molar refractivity (Wildman–Crippen MR) is 94.9 cm³/mol. The first kappa shape index (κ1) is 16.7. The highest BCUT2D eigenvalue weighted by Gasteiger charge is 2.22. The van der Waals surface area contributed by atoms with Crippen LogP contribution in [0.1, 0.15) is 54.9 Å². The molecule has 2 aromatic rings. The molecule has 2 rings (SSSR count). The Morgan fingerprint density at radius 3 is 2.52 bits per heavy atom. The minimum atomic E-state index is 0.121. The largest absolute Gasteiger partial charge is 0.305 e. The number of hydrogen-bond acceptors (Lipinski definition) is 3. The highest BCUT2D eigenvalue weighted by atomic mass is 79.9. The van der Waals surface area contributed by atoms with Crippen LogP contribution >= 0.6 is 27.3 Å². The van der Waals surface area contributed by atoms with Crippen LogP contribution in [0, 0.1) is 6.92 Å². The molecule has 4 heteroatoms. The molecule has 114 valence electrons. The highest BCUT2D eigenvalue weighted by Crippen LogP contribution is 2.32. The summed E-state index contributed by atoms with van der Waals surface area (Å²) >= 11 is 5.43. The molecule has 1 aromatic heterocycles. The molecule has 21 heavy (non-hydrogen) atoms. The first-order chi connectivity index (χ1) is 9.79. The Labute approximate surface area is 140 Å². The van der Waals surface area contributed by atoms with Gasteiger partial charge in [-0.25, -0.2) is 4.98 Å². The molecule has 1 N–H and O–H groups in total. The molecule has 0 saturated carbocycles. The number of rotatable bonds is 4. The third-order valence-corrected chi connectivity index (χ3v) is 5.96. The van der Waals surface area contributed by atoms with E-state index in [4.69, 9.17) is 4.98 Å². The van der Waals surface area contributed by atoms with Crippen molar-refractivity contribution in [1.82, 2.24) is 10.3 Å². The third kappa shape index (κ3) is 4.15. The molecule has 0 aliphatic heterocycles. The van der Waals surface area contributed by atoms with Crippen LogP contribution in [-0.4, -0.2) is 4.98 Å². The summed E-state index contributed by atoms with van der Waals surface area (Å²) in [5.41, 5.74) is 2.55. The van der Waals surface area contributed by atoms with Crippen LogP contribution in [0.25, 0.3) is 0 Å². The Bertz CT molecular complexity index is 613. The van der Waals surface area contributed by atoms with Crippen molar-refractivity contribution < 1.29 is 0 Å². The quantitative estimate of drug-likeness (QED) is 0.787. The van der Waals surface area contributed by atoms with Crippen molar-refractivity contribution >= 4 is 27.3 Å². The van der Waals surface area contributed by atoms with Gasteiger partial charge in [0.05, 0.1) is 10.7 Å². The molecule has 0 bridgehead atoms. The summed E-state index contributed by atoms with van der Waals surface area (Å²) in [4.78, 5) is 6.08. The molecule has 0 aliphatic carbocycles. The van der Waals surface area contributed by atoms with Crippen LogP contribution in [0.5, 0.6) is 0 Å². The molecule has 1 aromatic carbocycles. The molecule has 0 spiro atoms. The van der Waals surface area contributed by atoms with Gasteiger partial charge in [-0.2, -0.15) is 0 Å². The zero-order chi connectivity index (χ0) is 15.6. The van der Waals surface area contributed by atoms with Gasteiger partial charge in [0, 0.05) is 27.4 Å². The second-order valence-electron chi connectivity index (χ2n) is 6.41. The van der Waals surface area contributed by atoms with Gasteiger partial charge in [0.15, 0.2) is 0 Å². The SMILES string of the molecule is Cc1nc(C(C)(C)C)sc1C(C)NCc1ccccc1Br. The van der Waals surface area contributed by atoms with E-state index in [0.717, 1.165) is 16.7 Å². The molecule has 1 atom stereocenters. The number of hydrogen-bond donors (Lipinski definition) is 1. The van der Waals surface area contributed by atoms with E-state index in [-0.39, 0.29) is 5.41 Å². The summed E-state index contributed by atoms with van der Waals surface area (Å²) in [7, 11) is 0. The number of halogens is 1. The Kier molecular flexibility index (Phi) is 5.23. The van der Waals surface area contributed by atoms with Gasteiger partial charge in [-0.1, -0.05) is 54.9 Å². The average molecular weight is 367 g/mol. The first-order valence-corrected chi connectivity index (χ1v) is 8.84. The number of nitrogens with zero attached hydrogens (tertiary/aromatic N) is 1. The molecule has 0 aliphatic rings. The fourth-order valence-corrected chi connectivity index (χ4v) is 3.70. The Morgan fingerprint density at radius 2 is 1.95 bits per heavy atom. The zero-order valence-electron chi connectivity index (χ0n) is 13.3. The normalized spacial score (nSPS) is 13.4. The van der Waals surface area contributed by atoms with E-state index in [1.165, 1.54) is 15.4 Å². The van der Waals surface area contributed by atoms with Gasteiger partial charge in [0.1, 0.15) is 0 Å². The maximum Gasteiger partial charge on any atom is 0.0985 e. The molecule has 0 saturated heterocycles. The number of thiazole rings is 1. The van der Waals surface area contributed by atoms with Crippen LogP contribution in [0.4, 0.5) is 0 Å². The van der Waals surface area contributed by atoms with E-state index < -0.39 is 0 Å². The highest BCUT2D eigenvalue weighted by molar-refractivity contribution is 9.10. The molecule has 2 nitrogen and oxygen atoms in total. The molecule has 1 heterocycles. The van der Waals surface area contributed by atoms with Crippen LogP contribution in [0.3, 0.4) is 0 Å². The van der Waals surface area contributed by atoms with Crippen molar-refractivity contribution in [2.45, 2.75) is 52.6 Å². The minimum absolute atomic E-state index is 0.121. The lowest BCUT2D eigenvalue weighted by molar-refractivity contribution is 0.576. The minimum Gasteiger partial charge on any atom is -0.305 e. The molecular weight excluding hydrogens is 344 g/mol. The van der Waals surface area contributed by atoms with Crippen molar-refractivity contribution in [2.24, 2.45) is 0 Å². The van der Waals surface area contributed by atoms with Crippen LogP contribution in [0.2, 0.25) is 0 Å². The number of aryl methyl sites for hydroxylation is 1. The van der Waals surface area contributed by atoms with Gasteiger partial charge in [0.25, 0.3) is 0 Å². The Balaban J connectivity index is 2.09. The molecule has 1 unspecified atom stereocenters. The lowest BCUT2D eigenvalue weighted by Crippen LogP contribution is -2.18. The summed E-state index contributed by atoms with van der Waals surface area (Å²) in [5.74, 6) is 0. The summed E-state index contributed by atoms with van der Waals surface area (Å²) < 4.78 is 1.15. The predicted octanol–water partition coefficient (Wildman–Crippen LogP) is 5.36. The average Bonchev–Trinajstić information content (AvgIpc) is 2.80. The monoisotopic (exact) mass is 366 g/mol. The first-order valence-electron chi connectivity index (χ1n) is 7.23. The Hall–Kier alpha value is -0.710. The van der Waals surface area contributed by atoms with Crippen molar-refractivity contribution in [1.29, 1.82) is 0 Å². The standard InChI is InChI=1S/C17H23BrN2S/c1-11(19-10-13-8-6-7-9-14(13)18)15-12(2)20-16(21-15)17(3,4)5/h6-9,11,19H,10H2,1-5H3. The Morgan fingerprint density at radius 1 is 1.29 bits per heavy atom. The van der Waals surface area contributed by atoms with Crippen LogP contribution < -0.4 is 5.32 Å². The lowest BCUT2D eigenvalue weighted by Gasteiger charge is -2.15. The van der Waals surface area contributed by atoms with Gasteiger partial charge < -0.3 is 5.32 Å². The fraction of sp³-hybridized carbons (Fsp3) is 0.471. The van der Waals surface area contributed by atoms with E-state index in [1.807, 2.05) is 17.4 Å². The van der Waals surface area contributed by atoms with Crippen molar-refractivity contribution in [2.75, 3.05) is 0 Å². The molecular formula is C17H23BrN2S. The topological polar surface area (TPSA) is 24.9 Å². The van der Waals surface area contributed by atoms with E-state index in [9.17, 15) is 0 Å². The smallest absolute Gasteiger partial charge is 0.0985 e. The second kappa shape index (κ2) is 6.59.